The number of aryl methyl sites for hydroxylation is 3. The van der Waals surface area contributed by atoms with Crippen LogP contribution in [0.4, 0.5) is 0 Å². The Hall–Kier alpha value is -2.22. The van der Waals surface area contributed by atoms with Crippen molar-refractivity contribution in [2.75, 3.05) is 0 Å². The van der Waals surface area contributed by atoms with Gasteiger partial charge in [0.05, 0.1) is 5.39 Å². The zero-order valence-electron chi connectivity index (χ0n) is 14.4. The number of hydrogen-bond donors (Lipinski definition) is 3. The van der Waals surface area contributed by atoms with E-state index in [0.29, 0.717) is 17.6 Å². The van der Waals surface area contributed by atoms with Crippen LogP contribution in [0.5, 0.6) is 0 Å². The Morgan fingerprint density at radius 3 is 2.76 bits per heavy atom. The van der Waals surface area contributed by atoms with Crippen molar-refractivity contribution in [2.24, 2.45) is 5.73 Å². The van der Waals surface area contributed by atoms with Crippen LogP contribution in [-0.2, 0) is 28.9 Å². The monoisotopic (exact) mass is 362 g/mol. The standard InChI is InChI=1S/C17H22N4O3S/c1-17(2,16(18)24)21-12(22)8-7-11-19-14(23)13-9-5-3-4-6-10(9)25-15(13)20-11/h3-8H2,1-2H3,(H2,18,24)(H,21,22)(H,19,20,23). The number of nitrogens with one attached hydrogen (secondary N) is 2. The van der Waals surface area contributed by atoms with Crippen molar-refractivity contribution in [1.82, 2.24) is 15.3 Å². The van der Waals surface area contributed by atoms with Crippen LogP contribution in [-0.4, -0.2) is 27.3 Å². The molecule has 1 aliphatic rings. The van der Waals surface area contributed by atoms with E-state index >= 15 is 0 Å². The zero-order valence-corrected chi connectivity index (χ0v) is 15.2. The summed E-state index contributed by atoms with van der Waals surface area (Å²) in [5, 5.41) is 3.30. The van der Waals surface area contributed by atoms with Crippen LogP contribution in [0.2, 0.25) is 0 Å². The van der Waals surface area contributed by atoms with Gasteiger partial charge in [-0.25, -0.2) is 4.98 Å². The van der Waals surface area contributed by atoms with Crippen LogP contribution >= 0.6 is 11.3 Å². The number of carbonyl (C=O) groups is 2. The third-order valence-electron chi connectivity index (χ3n) is 4.53. The van der Waals surface area contributed by atoms with E-state index in [2.05, 4.69) is 15.3 Å². The highest BCUT2D eigenvalue weighted by molar-refractivity contribution is 7.18. The average Bonchev–Trinajstić information content (AvgIpc) is 2.91. The molecule has 0 spiro atoms. The molecule has 0 bridgehead atoms. The van der Waals surface area contributed by atoms with Crippen LogP contribution < -0.4 is 16.6 Å². The molecule has 7 nitrogen and oxygen atoms in total. The number of amides is 2. The first-order valence-corrected chi connectivity index (χ1v) is 9.24. The largest absolute Gasteiger partial charge is 0.368 e. The maximum Gasteiger partial charge on any atom is 0.259 e. The van der Waals surface area contributed by atoms with Crippen LogP contribution in [0.3, 0.4) is 0 Å². The van der Waals surface area contributed by atoms with Crippen molar-refractivity contribution in [3.8, 4) is 0 Å². The first-order valence-electron chi connectivity index (χ1n) is 8.42. The van der Waals surface area contributed by atoms with Gasteiger partial charge < -0.3 is 16.0 Å². The third kappa shape index (κ3) is 3.58. The van der Waals surface area contributed by atoms with Crippen molar-refractivity contribution in [3.63, 3.8) is 0 Å². The molecule has 4 N–H and O–H groups in total. The van der Waals surface area contributed by atoms with E-state index in [1.165, 1.54) is 4.88 Å². The van der Waals surface area contributed by atoms with Crippen molar-refractivity contribution in [2.45, 2.75) is 57.9 Å². The minimum Gasteiger partial charge on any atom is -0.368 e. The Morgan fingerprint density at radius 2 is 2.04 bits per heavy atom. The van der Waals surface area contributed by atoms with Crippen molar-refractivity contribution >= 4 is 33.4 Å². The van der Waals surface area contributed by atoms with Gasteiger partial charge in [-0.2, -0.15) is 0 Å². The zero-order chi connectivity index (χ0) is 18.2. The second-order valence-electron chi connectivity index (χ2n) is 6.94. The smallest absolute Gasteiger partial charge is 0.259 e. The number of H-pyrrole nitrogens is 1. The van der Waals surface area contributed by atoms with Gasteiger partial charge in [0.15, 0.2) is 0 Å². The predicted octanol–water partition coefficient (Wildman–Crippen LogP) is 1.18. The molecule has 1 aliphatic carbocycles. The lowest BCUT2D eigenvalue weighted by atomic mass is 9.97. The Kier molecular flexibility index (Phi) is 4.64. The summed E-state index contributed by atoms with van der Waals surface area (Å²) in [6, 6.07) is 0. The summed E-state index contributed by atoms with van der Waals surface area (Å²) >= 11 is 1.58. The Morgan fingerprint density at radius 1 is 1.32 bits per heavy atom. The number of carbonyl (C=O) groups excluding carboxylic acids is 2. The van der Waals surface area contributed by atoms with Crippen LogP contribution in [0.1, 0.15) is 49.4 Å². The highest BCUT2D eigenvalue weighted by Gasteiger charge is 2.26. The molecule has 2 aromatic heterocycles. The molecule has 0 unspecified atom stereocenters. The first-order chi connectivity index (χ1) is 11.8. The van der Waals surface area contributed by atoms with Gasteiger partial charge in [0, 0.05) is 17.7 Å². The summed E-state index contributed by atoms with van der Waals surface area (Å²) in [5.41, 5.74) is 5.16. The van der Waals surface area contributed by atoms with Crippen LogP contribution in [0.25, 0.3) is 10.2 Å². The summed E-state index contributed by atoms with van der Waals surface area (Å²) in [6.45, 7) is 3.10. The van der Waals surface area contributed by atoms with Gasteiger partial charge in [-0.15, -0.1) is 11.3 Å². The number of aromatic nitrogens is 2. The lowest BCUT2D eigenvalue weighted by Crippen LogP contribution is -2.53. The third-order valence-corrected chi connectivity index (χ3v) is 5.72. The normalized spacial score (nSPS) is 14.3. The number of primary amides is 1. The number of fused-ring (bicyclic) bond motifs is 3. The van der Waals surface area contributed by atoms with Crippen molar-refractivity contribution in [3.05, 3.63) is 26.6 Å². The van der Waals surface area contributed by atoms with E-state index in [0.717, 1.165) is 36.1 Å². The molecule has 25 heavy (non-hydrogen) atoms. The summed E-state index contributed by atoms with van der Waals surface area (Å²) in [5.74, 6) is -0.418. The second kappa shape index (κ2) is 6.59. The quantitative estimate of drug-likeness (QED) is 0.740. The van der Waals surface area contributed by atoms with E-state index in [1.807, 2.05) is 0 Å². The number of thiophene rings is 1. The fraction of sp³-hybridized carbons (Fsp3) is 0.529. The van der Waals surface area contributed by atoms with Crippen LogP contribution in [0, 0.1) is 0 Å². The minimum atomic E-state index is -1.10. The molecule has 0 fully saturated rings. The summed E-state index contributed by atoms with van der Waals surface area (Å²) in [7, 11) is 0. The fourth-order valence-electron chi connectivity index (χ4n) is 3.03. The van der Waals surface area contributed by atoms with Gasteiger partial charge in [-0.3, -0.25) is 14.4 Å². The predicted molar refractivity (Wildman–Crippen MR) is 96.6 cm³/mol. The van der Waals surface area contributed by atoms with Crippen LogP contribution in [0.15, 0.2) is 4.79 Å². The van der Waals surface area contributed by atoms with E-state index < -0.39 is 11.4 Å². The highest BCUT2D eigenvalue weighted by atomic mass is 32.1. The number of nitrogens with zero attached hydrogens (tertiary/aromatic N) is 1. The Bertz CT molecular complexity index is 897. The molecule has 3 rings (SSSR count). The van der Waals surface area contributed by atoms with Gasteiger partial charge in [0.25, 0.3) is 5.56 Å². The highest BCUT2D eigenvalue weighted by Crippen LogP contribution is 2.33. The number of rotatable bonds is 5. The molecule has 8 heteroatoms. The average molecular weight is 362 g/mol. The Labute approximate surface area is 149 Å². The molecule has 134 valence electrons. The molecule has 0 saturated carbocycles. The summed E-state index contributed by atoms with van der Waals surface area (Å²) in [4.78, 5) is 45.1. The maximum absolute atomic E-state index is 12.4. The molecular formula is C17H22N4O3S. The van der Waals surface area contributed by atoms with E-state index in [4.69, 9.17) is 5.73 Å². The number of nitrogens with two attached hydrogens (primary N) is 1. The van der Waals surface area contributed by atoms with Crippen molar-refractivity contribution in [1.29, 1.82) is 0 Å². The van der Waals surface area contributed by atoms with Gasteiger partial charge in [0.2, 0.25) is 11.8 Å². The first kappa shape index (κ1) is 17.6. The second-order valence-corrected chi connectivity index (χ2v) is 8.02. The van der Waals surface area contributed by atoms with Gasteiger partial charge in [-0.05, 0) is 45.1 Å². The van der Waals surface area contributed by atoms with Crippen molar-refractivity contribution < 1.29 is 9.59 Å². The molecule has 0 radical (unpaired) electrons. The molecule has 2 aromatic rings. The molecule has 0 saturated heterocycles. The SMILES string of the molecule is CC(C)(NC(=O)CCc1nc2sc3c(c2c(=O)[nH]1)CCCC3)C(N)=O. The van der Waals surface area contributed by atoms with E-state index in [1.54, 1.807) is 25.2 Å². The van der Waals surface area contributed by atoms with E-state index in [-0.39, 0.29) is 17.9 Å². The number of hydrogen-bond acceptors (Lipinski definition) is 5. The summed E-state index contributed by atoms with van der Waals surface area (Å²) < 4.78 is 0. The molecule has 0 aliphatic heterocycles. The maximum atomic E-state index is 12.4. The topological polar surface area (TPSA) is 118 Å². The van der Waals surface area contributed by atoms with E-state index in [9.17, 15) is 14.4 Å². The van der Waals surface area contributed by atoms with Gasteiger partial charge >= 0.3 is 0 Å². The molecule has 2 heterocycles. The van der Waals surface area contributed by atoms with Gasteiger partial charge in [-0.1, -0.05) is 0 Å². The fourth-order valence-corrected chi connectivity index (χ4v) is 4.31. The lowest BCUT2D eigenvalue weighted by Gasteiger charge is -2.22. The lowest BCUT2D eigenvalue weighted by molar-refractivity contribution is -0.130. The van der Waals surface area contributed by atoms with Gasteiger partial charge in [0.1, 0.15) is 16.2 Å². The molecule has 0 atom stereocenters. The molecular weight excluding hydrogens is 340 g/mol. The summed E-state index contributed by atoms with van der Waals surface area (Å²) in [6.07, 6.45) is 4.63. The minimum absolute atomic E-state index is 0.121. The Balaban J connectivity index is 1.76. The molecule has 2 amide bonds. The number of aromatic amines is 1. The molecule has 0 aromatic carbocycles.